The lowest BCUT2D eigenvalue weighted by Crippen LogP contribution is -2.31. The number of fused-ring (bicyclic) bond motifs is 5. The van der Waals surface area contributed by atoms with Crippen molar-refractivity contribution in [2.75, 3.05) is 27.8 Å². The van der Waals surface area contributed by atoms with Gasteiger partial charge in [-0.05, 0) is 36.4 Å². The fourth-order valence-electron chi connectivity index (χ4n) is 6.39. The van der Waals surface area contributed by atoms with Crippen molar-refractivity contribution in [3.05, 3.63) is 95.1 Å². The fraction of sp³-hybridized carbons (Fsp3) is 0.278. The first-order valence-corrected chi connectivity index (χ1v) is 14.9. The van der Waals surface area contributed by atoms with E-state index in [-0.39, 0.29) is 13.6 Å². The zero-order valence-corrected chi connectivity index (χ0v) is 25.7. The summed E-state index contributed by atoms with van der Waals surface area (Å²) in [4.78, 5) is 27.3. The van der Waals surface area contributed by atoms with Gasteiger partial charge in [0.15, 0.2) is 23.0 Å². The normalized spacial score (nSPS) is 20.4. The lowest BCUT2D eigenvalue weighted by atomic mass is 9.74. The molecule has 10 heteroatoms. The van der Waals surface area contributed by atoms with Gasteiger partial charge in [0.25, 0.3) is 0 Å². The molecule has 0 spiro atoms. The molecule has 1 aliphatic carbocycles. The number of hydrogen-bond donors (Lipinski definition) is 0. The summed E-state index contributed by atoms with van der Waals surface area (Å²) in [5.41, 5.74) is 3.07. The molecule has 4 aromatic carbocycles. The van der Waals surface area contributed by atoms with Gasteiger partial charge in [-0.15, -0.1) is 0 Å². The van der Waals surface area contributed by atoms with Gasteiger partial charge in [-0.1, -0.05) is 50.2 Å². The van der Waals surface area contributed by atoms with Gasteiger partial charge in [-0.3, -0.25) is 0 Å². The molecule has 10 nitrogen and oxygen atoms in total. The van der Waals surface area contributed by atoms with Crippen LogP contribution >= 0.6 is 0 Å². The Balaban J connectivity index is 1.51. The van der Waals surface area contributed by atoms with Crippen LogP contribution in [0.4, 0.5) is 0 Å². The molecule has 2 aliphatic heterocycles. The molecule has 0 amide bonds. The number of carbonyl (C=O) groups is 2. The molecule has 0 bridgehead atoms. The van der Waals surface area contributed by atoms with E-state index in [4.69, 9.17) is 37.9 Å². The Morgan fingerprint density at radius 2 is 1.00 bits per heavy atom. The van der Waals surface area contributed by atoms with Crippen LogP contribution in [0.1, 0.15) is 57.9 Å². The summed E-state index contributed by atoms with van der Waals surface area (Å²) in [6, 6.07) is 21.2. The highest BCUT2D eigenvalue weighted by molar-refractivity contribution is 5.93. The minimum absolute atomic E-state index is 0.0164. The molecule has 236 valence electrons. The first kappa shape index (κ1) is 29.3. The third kappa shape index (κ3) is 4.81. The Kier molecular flexibility index (Phi) is 7.56. The minimum atomic E-state index is -0.845. The van der Waals surface area contributed by atoms with Crippen LogP contribution in [0.15, 0.2) is 72.8 Å². The second-order valence-electron chi connectivity index (χ2n) is 11.3. The average molecular weight is 625 g/mol. The van der Waals surface area contributed by atoms with Gasteiger partial charge < -0.3 is 37.9 Å². The average Bonchev–Trinajstić information content (AvgIpc) is 3.77. The van der Waals surface area contributed by atoms with E-state index in [1.165, 1.54) is 14.2 Å². The van der Waals surface area contributed by atoms with Crippen LogP contribution in [0, 0.1) is 11.8 Å². The van der Waals surface area contributed by atoms with Crippen molar-refractivity contribution in [2.24, 2.45) is 11.8 Å². The van der Waals surface area contributed by atoms with Crippen LogP contribution in [0.3, 0.4) is 0 Å². The van der Waals surface area contributed by atoms with E-state index in [9.17, 15) is 9.59 Å². The number of benzene rings is 4. The summed E-state index contributed by atoms with van der Waals surface area (Å²) in [6.45, 7) is 3.90. The molecule has 4 atom stereocenters. The highest BCUT2D eigenvalue weighted by Crippen LogP contribution is 2.61. The maximum atomic E-state index is 13.7. The monoisotopic (exact) mass is 624 g/mol. The van der Waals surface area contributed by atoms with Gasteiger partial charge in [-0.2, -0.15) is 0 Å². The number of hydrogen-bond acceptors (Lipinski definition) is 10. The van der Waals surface area contributed by atoms with Crippen molar-refractivity contribution in [2.45, 2.75) is 26.1 Å². The number of methoxy groups -OCH3 is 2. The van der Waals surface area contributed by atoms with E-state index >= 15 is 0 Å². The number of esters is 2. The van der Waals surface area contributed by atoms with Crippen LogP contribution < -0.4 is 28.4 Å². The Hall–Kier alpha value is -5.38. The largest absolute Gasteiger partial charge is 0.492 e. The molecule has 2 heterocycles. The Morgan fingerprint density at radius 3 is 1.37 bits per heavy atom. The SMILES string of the molecule is COc1c2c(cc3c1-c1c(cc4c(c1OC)OCO4)[C@H](OC(=O)c1ccccc1)[C@@H](C)[C@@H](C)[C@@H]3OC(=O)c1ccccc1)OCO2. The molecule has 4 aromatic rings. The predicted octanol–water partition coefficient (Wildman–Crippen LogP) is 6.91. The molecule has 0 fully saturated rings. The molecule has 0 aromatic heterocycles. The number of ether oxygens (including phenoxy) is 8. The second-order valence-corrected chi connectivity index (χ2v) is 11.3. The molecule has 0 unspecified atom stereocenters. The van der Waals surface area contributed by atoms with E-state index in [2.05, 4.69) is 0 Å². The van der Waals surface area contributed by atoms with Gasteiger partial charge in [0.1, 0.15) is 12.2 Å². The third-order valence-corrected chi connectivity index (χ3v) is 8.84. The van der Waals surface area contributed by atoms with Crippen molar-refractivity contribution >= 4 is 11.9 Å². The zero-order valence-electron chi connectivity index (χ0n) is 25.7. The maximum absolute atomic E-state index is 13.7. The minimum Gasteiger partial charge on any atom is -0.492 e. The van der Waals surface area contributed by atoms with Crippen molar-refractivity contribution in [3.63, 3.8) is 0 Å². The molecular weight excluding hydrogens is 592 g/mol. The second kappa shape index (κ2) is 11.8. The quantitative estimate of drug-likeness (QED) is 0.210. The van der Waals surface area contributed by atoms with Crippen LogP contribution in [-0.2, 0) is 9.47 Å². The molecule has 0 saturated heterocycles. The highest BCUT2D eigenvalue weighted by Gasteiger charge is 2.45. The lowest BCUT2D eigenvalue weighted by molar-refractivity contribution is -0.0271. The van der Waals surface area contributed by atoms with E-state index in [1.807, 2.05) is 38.1 Å². The van der Waals surface area contributed by atoms with Crippen molar-refractivity contribution < 1.29 is 47.5 Å². The van der Waals surface area contributed by atoms with E-state index in [1.54, 1.807) is 48.5 Å². The zero-order chi connectivity index (χ0) is 31.9. The first-order valence-electron chi connectivity index (χ1n) is 14.9. The smallest absolute Gasteiger partial charge is 0.338 e. The van der Waals surface area contributed by atoms with Crippen LogP contribution in [0.2, 0.25) is 0 Å². The van der Waals surface area contributed by atoms with E-state index in [0.717, 1.165) is 0 Å². The third-order valence-electron chi connectivity index (χ3n) is 8.84. The summed E-state index contributed by atoms with van der Waals surface area (Å²) in [5.74, 6) is 0.558. The van der Waals surface area contributed by atoms with Gasteiger partial charge >= 0.3 is 11.9 Å². The standard InChI is InChI=1S/C36H32O10/c1-19-20(2)30(46-36(38)22-13-9-6-10-14-22)24-16-26-32(44-18-42-26)34(40-4)28(24)27-23(15-25-31(33(27)39-3)43-17-41-25)29(19)45-35(37)21-11-7-5-8-12-21/h5-16,19-20,29-30H,17-18H2,1-4H3/t19-,20+,29+,30-. The van der Waals surface area contributed by atoms with Gasteiger partial charge in [0.05, 0.1) is 25.3 Å². The molecule has 46 heavy (non-hydrogen) atoms. The Bertz CT molecular complexity index is 1670. The van der Waals surface area contributed by atoms with E-state index in [0.29, 0.717) is 67.9 Å². The predicted molar refractivity (Wildman–Crippen MR) is 165 cm³/mol. The highest BCUT2D eigenvalue weighted by atomic mass is 16.7. The summed E-state index contributed by atoms with van der Waals surface area (Å²) in [7, 11) is 3.05. The molecule has 0 N–H and O–H groups in total. The van der Waals surface area contributed by atoms with E-state index < -0.39 is 36.0 Å². The van der Waals surface area contributed by atoms with Crippen LogP contribution in [0.25, 0.3) is 11.1 Å². The maximum Gasteiger partial charge on any atom is 0.338 e. The first-order chi connectivity index (χ1) is 22.4. The molecule has 0 saturated carbocycles. The van der Waals surface area contributed by atoms with Crippen LogP contribution in [0.5, 0.6) is 34.5 Å². The summed E-state index contributed by atoms with van der Waals surface area (Å²) in [6.07, 6.45) is -1.69. The van der Waals surface area contributed by atoms with Gasteiger partial charge in [0, 0.05) is 34.1 Å². The van der Waals surface area contributed by atoms with Crippen molar-refractivity contribution in [3.8, 4) is 45.6 Å². The molecule has 0 radical (unpaired) electrons. The van der Waals surface area contributed by atoms with Gasteiger partial charge in [-0.25, -0.2) is 9.59 Å². The summed E-state index contributed by atoms with van der Waals surface area (Å²) in [5, 5.41) is 0. The summed E-state index contributed by atoms with van der Waals surface area (Å²) < 4.78 is 48.2. The van der Waals surface area contributed by atoms with Crippen molar-refractivity contribution in [1.29, 1.82) is 0 Å². The molecule has 7 rings (SSSR count). The molecular formula is C36H32O10. The number of carbonyl (C=O) groups excluding carboxylic acids is 2. The Labute approximate surface area is 265 Å². The summed E-state index contributed by atoms with van der Waals surface area (Å²) >= 11 is 0. The Morgan fingerprint density at radius 1 is 0.609 bits per heavy atom. The number of rotatable bonds is 6. The van der Waals surface area contributed by atoms with Crippen LogP contribution in [-0.4, -0.2) is 39.7 Å². The van der Waals surface area contributed by atoms with Gasteiger partial charge in [0.2, 0.25) is 25.1 Å². The fourth-order valence-corrected chi connectivity index (χ4v) is 6.39. The topological polar surface area (TPSA) is 108 Å². The van der Waals surface area contributed by atoms with Crippen molar-refractivity contribution in [1.82, 2.24) is 0 Å². The molecule has 3 aliphatic rings. The lowest BCUT2D eigenvalue weighted by Gasteiger charge is -2.38.